The Morgan fingerprint density at radius 3 is 2.00 bits per heavy atom. The van der Waals surface area contributed by atoms with Crippen LogP contribution in [0.3, 0.4) is 0 Å². The standard InChI is InChI=1S/C6H6F6O/c7-4(1-3-2-13-3)5(8,9)6(10,11)12/h3-4H,1-2H2. The number of epoxide rings is 1. The van der Waals surface area contributed by atoms with Gasteiger partial charge in [-0.2, -0.15) is 22.0 Å². The van der Waals surface area contributed by atoms with Crippen molar-refractivity contribution in [2.45, 2.75) is 30.8 Å². The molecule has 0 aromatic carbocycles. The Bertz CT molecular complexity index is 184. The molecule has 0 N–H and O–H groups in total. The van der Waals surface area contributed by atoms with Crippen LogP contribution in [0.2, 0.25) is 0 Å². The molecule has 1 rings (SSSR count). The highest BCUT2D eigenvalue weighted by Crippen LogP contribution is 2.41. The van der Waals surface area contributed by atoms with Crippen molar-refractivity contribution >= 4 is 0 Å². The van der Waals surface area contributed by atoms with Gasteiger partial charge >= 0.3 is 12.1 Å². The van der Waals surface area contributed by atoms with Gasteiger partial charge in [0.15, 0.2) is 6.17 Å². The quantitative estimate of drug-likeness (QED) is 0.512. The summed E-state index contributed by atoms with van der Waals surface area (Å²) in [5.41, 5.74) is 0. The number of ether oxygens (including phenoxy) is 1. The highest BCUT2D eigenvalue weighted by atomic mass is 19.4. The Balaban J connectivity index is 2.55. The van der Waals surface area contributed by atoms with Crippen molar-refractivity contribution in [3.8, 4) is 0 Å². The first-order valence-electron chi connectivity index (χ1n) is 3.45. The minimum Gasteiger partial charge on any atom is -0.373 e. The van der Waals surface area contributed by atoms with Crippen molar-refractivity contribution in [2.24, 2.45) is 0 Å². The lowest BCUT2D eigenvalue weighted by Gasteiger charge is -2.22. The predicted molar refractivity (Wildman–Crippen MR) is 30.3 cm³/mol. The molecule has 0 aromatic heterocycles. The van der Waals surface area contributed by atoms with E-state index in [0.717, 1.165) is 0 Å². The van der Waals surface area contributed by atoms with Crippen LogP contribution in [0.25, 0.3) is 0 Å². The molecule has 0 bridgehead atoms. The van der Waals surface area contributed by atoms with E-state index < -0.39 is 30.8 Å². The third-order valence-electron chi connectivity index (χ3n) is 1.64. The van der Waals surface area contributed by atoms with E-state index in [4.69, 9.17) is 0 Å². The Hall–Kier alpha value is -0.460. The molecule has 1 heterocycles. The number of halogens is 6. The average molecular weight is 208 g/mol. The van der Waals surface area contributed by atoms with Gasteiger partial charge in [0.2, 0.25) is 0 Å². The SMILES string of the molecule is FC(CC1CO1)C(F)(F)C(F)(F)F. The fourth-order valence-electron chi connectivity index (χ4n) is 0.761. The van der Waals surface area contributed by atoms with E-state index in [0.29, 0.717) is 0 Å². The fraction of sp³-hybridized carbons (Fsp3) is 1.00. The molecule has 1 aliphatic heterocycles. The van der Waals surface area contributed by atoms with Gasteiger partial charge in [0, 0.05) is 6.42 Å². The molecule has 0 amide bonds. The fourth-order valence-corrected chi connectivity index (χ4v) is 0.761. The summed E-state index contributed by atoms with van der Waals surface area (Å²) in [5.74, 6) is -5.28. The first kappa shape index (κ1) is 10.6. The summed E-state index contributed by atoms with van der Waals surface area (Å²) in [5, 5.41) is 0. The molecular weight excluding hydrogens is 202 g/mol. The lowest BCUT2D eigenvalue weighted by molar-refractivity contribution is -0.304. The lowest BCUT2D eigenvalue weighted by Crippen LogP contribution is -2.45. The summed E-state index contributed by atoms with van der Waals surface area (Å²) in [6, 6.07) is 0. The number of hydrogen-bond acceptors (Lipinski definition) is 1. The first-order valence-corrected chi connectivity index (χ1v) is 3.45. The molecule has 1 nitrogen and oxygen atoms in total. The topological polar surface area (TPSA) is 12.5 Å². The lowest BCUT2D eigenvalue weighted by atomic mass is 10.1. The molecular formula is C6H6F6O. The van der Waals surface area contributed by atoms with Gasteiger partial charge in [-0.1, -0.05) is 0 Å². The summed E-state index contributed by atoms with van der Waals surface area (Å²) in [6.07, 6.45) is -10.8. The van der Waals surface area contributed by atoms with Crippen molar-refractivity contribution < 1.29 is 31.1 Å². The summed E-state index contributed by atoms with van der Waals surface area (Å²) in [6.45, 7) is 0.0500. The molecule has 2 atom stereocenters. The largest absolute Gasteiger partial charge is 0.456 e. The predicted octanol–water partition coefficient (Wildman–Crippen LogP) is 2.31. The molecule has 1 aliphatic rings. The average Bonchev–Trinajstić information content (AvgIpc) is 2.68. The van der Waals surface area contributed by atoms with Gasteiger partial charge in [0.1, 0.15) is 0 Å². The van der Waals surface area contributed by atoms with Gasteiger partial charge in [-0.25, -0.2) is 4.39 Å². The molecule has 1 fully saturated rings. The monoisotopic (exact) mass is 208 g/mol. The second kappa shape index (κ2) is 3.04. The number of alkyl halides is 6. The molecule has 2 unspecified atom stereocenters. The zero-order chi connectivity index (χ0) is 10.3. The molecule has 0 aromatic rings. The van der Waals surface area contributed by atoms with Crippen LogP contribution in [0.5, 0.6) is 0 Å². The third kappa shape index (κ3) is 2.26. The van der Waals surface area contributed by atoms with Crippen LogP contribution in [-0.4, -0.2) is 31.0 Å². The van der Waals surface area contributed by atoms with Gasteiger partial charge in [-0.15, -0.1) is 0 Å². The van der Waals surface area contributed by atoms with Crippen molar-refractivity contribution in [1.82, 2.24) is 0 Å². The summed E-state index contributed by atoms with van der Waals surface area (Å²) in [4.78, 5) is 0. The molecule has 0 aliphatic carbocycles. The first-order chi connectivity index (χ1) is 5.75. The van der Waals surface area contributed by atoms with Crippen LogP contribution in [0.4, 0.5) is 26.3 Å². The van der Waals surface area contributed by atoms with E-state index in [2.05, 4.69) is 4.74 Å². The van der Waals surface area contributed by atoms with Crippen LogP contribution in [0.1, 0.15) is 6.42 Å². The highest BCUT2D eigenvalue weighted by molar-refractivity contribution is 4.88. The van der Waals surface area contributed by atoms with E-state index in [1.165, 1.54) is 0 Å². The second-order valence-electron chi connectivity index (χ2n) is 2.78. The van der Waals surface area contributed by atoms with Crippen LogP contribution in [0.15, 0.2) is 0 Å². The van der Waals surface area contributed by atoms with Crippen LogP contribution >= 0.6 is 0 Å². The van der Waals surface area contributed by atoms with E-state index in [-0.39, 0.29) is 6.61 Å². The summed E-state index contributed by atoms with van der Waals surface area (Å²) in [7, 11) is 0. The minimum atomic E-state index is -5.83. The second-order valence-corrected chi connectivity index (χ2v) is 2.78. The van der Waals surface area contributed by atoms with Crippen molar-refractivity contribution in [3.63, 3.8) is 0 Å². The summed E-state index contributed by atoms with van der Waals surface area (Å²) < 4.78 is 75.6. The number of rotatable bonds is 3. The maximum absolute atomic E-state index is 12.4. The van der Waals surface area contributed by atoms with E-state index >= 15 is 0 Å². The van der Waals surface area contributed by atoms with E-state index in [9.17, 15) is 26.3 Å². The smallest absolute Gasteiger partial charge is 0.373 e. The Morgan fingerprint density at radius 2 is 1.69 bits per heavy atom. The zero-order valence-electron chi connectivity index (χ0n) is 6.24. The van der Waals surface area contributed by atoms with Gasteiger partial charge in [0.05, 0.1) is 12.7 Å². The molecule has 13 heavy (non-hydrogen) atoms. The van der Waals surface area contributed by atoms with Gasteiger partial charge < -0.3 is 4.74 Å². The van der Waals surface area contributed by atoms with E-state index in [1.54, 1.807) is 0 Å². The van der Waals surface area contributed by atoms with Gasteiger partial charge in [-0.3, -0.25) is 0 Å². The summed E-state index contributed by atoms with van der Waals surface area (Å²) >= 11 is 0. The van der Waals surface area contributed by atoms with Crippen molar-refractivity contribution in [1.29, 1.82) is 0 Å². The maximum Gasteiger partial charge on any atom is 0.456 e. The zero-order valence-corrected chi connectivity index (χ0v) is 6.24. The highest BCUT2D eigenvalue weighted by Gasteiger charge is 2.63. The molecule has 0 radical (unpaired) electrons. The van der Waals surface area contributed by atoms with Crippen molar-refractivity contribution in [3.05, 3.63) is 0 Å². The molecule has 7 heteroatoms. The molecule has 78 valence electrons. The molecule has 1 saturated heterocycles. The van der Waals surface area contributed by atoms with Gasteiger partial charge in [0.25, 0.3) is 0 Å². The van der Waals surface area contributed by atoms with Gasteiger partial charge in [-0.05, 0) is 0 Å². The number of hydrogen-bond donors (Lipinski definition) is 0. The molecule has 0 saturated carbocycles. The van der Waals surface area contributed by atoms with Crippen LogP contribution in [0, 0.1) is 0 Å². The Morgan fingerprint density at radius 1 is 1.23 bits per heavy atom. The third-order valence-corrected chi connectivity index (χ3v) is 1.64. The maximum atomic E-state index is 12.4. The Labute approximate surface area is 69.7 Å². The molecule has 0 spiro atoms. The van der Waals surface area contributed by atoms with Crippen LogP contribution in [-0.2, 0) is 4.74 Å². The minimum absolute atomic E-state index is 0.0500. The van der Waals surface area contributed by atoms with E-state index in [1.807, 2.05) is 0 Å². The van der Waals surface area contributed by atoms with Crippen molar-refractivity contribution in [2.75, 3.05) is 6.61 Å². The Kier molecular flexibility index (Phi) is 2.48. The van der Waals surface area contributed by atoms with Crippen LogP contribution < -0.4 is 0 Å². The normalized spacial score (nSPS) is 25.8.